The van der Waals surface area contributed by atoms with E-state index in [4.69, 9.17) is 0 Å². The Labute approximate surface area is 171 Å². The Morgan fingerprint density at radius 1 is 1.07 bits per heavy atom. The molecule has 2 aromatic heterocycles. The third-order valence-electron chi connectivity index (χ3n) is 5.47. The van der Waals surface area contributed by atoms with Crippen LogP contribution >= 0.6 is 0 Å². The van der Waals surface area contributed by atoms with Crippen molar-refractivity contribution in [1.82, 2.24) is 29.6 Å². The Bertz CT molecular complexity index is 940. The van der Waals surface area contributed by atoms with Gasteiger partial charge in [-0.2, -0.15) is 9.97 Å². The van der Waals surface area contributed by atoms with Gasteiger partial charge in [0.05, 0.1) is 5.75 Å². The highest BCUT2D eigenvalue weighted by Gasteiger charge is 2.22. The van der Waals surface area contributed by atoms with Crippen molar-refractivity contribution in [3.05, 3.63) is 12.4 Å². The van der Waals surface area contributed by atoms with E-state index in [0.717, 1.165) is 51.9 Å². The lowest BCUT2D eigenvalue weighted by atomic mass is 10.3. The summed E-state index contributed by atoms with van der Waals surface area (Å²) in [5.74, 6) is 1.10. The molecule has 0 unspecified atom stereocenters. The monoisotopic (exact) mass is 420 g/mol. The lowest BCUT2D eigenvalue weighted by Crippen LogP contribution is -2.45. The maximum atomic E-state index is 12.4. The standard InChI is InChI=1S/C18H28N8O2S/c1-25-9-11-26(12-10-25)18-22-16-15(19-6-7-20-16)17(23-18)21-8-13-29(27,28)24-14-4-2-3-5-14/h6-7,14,24H,2-5,8-13H2,1H3,(H,20,21,22,23). The van der Waals surface area contributed by atoms with Crippen molar-refractivity contribution in [3.8, 4) is 0 Å². The van der Waals surface area contributed by atoms with Crippen LogP contribution < -0.4 is 14.9 Å². The molecule has 0 bridgehead atoms. The number of likely N-dealkylation sites (N-methyl/N-ethyl adjacent to an activating group) is 1. The molecule has 3 heterocycles. The number of piperazine rings is 1. The van der Waals surface area contributed by atoms with Crippen molar-refractivity contribution in [2.24, 2.45) is 0 Å². The van der Waals surface area contributed by atoms with Crippen LogP contribution in [0.4, 0.5) is 11.8 Å². The van der Waals surface area contributed by atoms with Gasteiger partial charge in [-0.1, -0.05) is 12.8 Å². The zero-order valence-corrected chi connectivity index (χ0v) is 17.5. The molecule has 1 saturated carbocycles. The Kier molecular flexibility index (Phi) is 6.07. The number of hydrogen-bond donors (Lipinski definition) is 2. The van der Waals surface area contributed by atoms with Crippen LogP contribution in [0.15, 0.2) is 12.4 Å². The maximum absolute atomic E-state index is 12.4. The zero-order chi connectivity index (χ0) is 20.3. The first kappa shape index (κ1) is 20.2. The molecule has 2 aliphatic rings. The molecular formula is C18H28N8O2S. The van der Waals surface area contributed by atoms with Gasteiger partial charge in [0, 0.05) is 51.2 Å². The van der Waals surface area contributed by atoms with Crippen molar-refractivity contribution in [2.45, 2.75) is 31.7 Å². The summed E-state index contributed by atoms with van der Waals surface area (Å²) < 4.78 is 27.5. The highest BCUT2D eigenvalue weighted by atomic mass is 32.2. The Morgan fingerprint density at radius 3 is 2.55 bits per heavy atom. The third kappa shape index (κ3) is 5.09. The molecule has 1 saturated heterocycles. The first-order valence-electron chi connectivity index (χ1n) is 10.2. The molecule has 0 spiro atoms. The number of anilines is 2. The maximum Gasteiger partial charge on any atom is 0.229 e. The van der Waals surface area contributed by atoms with Gasteiger partial charge in [-0.15, -0.1) is 0 Å². The van der Waals surface area contributed by atoms with E-state index in [1.807, 2.05) is 0 Å². The van der Waals surface area contributed by atoms with Crippen LogP contribution in [0.25, 0.3) is 11.2 Å². The summed E-state index contributed by atoms with van der Waals surface area (Å²) in [6.45, 7) is 3.79. The largest absolute Gasteiger partial charge is 0.367 e. The molecule has 29 heavy (non-hydrogen) atoms. The first-order chi connectivity index (χ1) is 14.0. The second-order valence-electron chi connectivity index (χ2n) is 7.74. The molecule has 1 aliphatic carbocycles. The van der Waals surface area contributed by atoms with E-state index in [1.54, 1.807) is 12.4 Å². The molecule has 10 nitrogen and oxygen atoms in total. The number of nitrogens with one attached hydrogen (secondary N) is 2. The van der Waals surface area contributed by atoms with Gasteiger partial charge in [-0.25, -0.2) is 23.1 Å². The van der Waals surface area contributed by atoms with E-state index in [1.165, 1.54) is 0 Å². The minimum Gasteiger partial charge on any atom is -0.367 e. The van der Waals surface area contributed by atoms with Crippen LogP contribution in [-0.4, -0.2) is 84.8 Å². The second kappa shape index (κ2) is 8.72. The van der Waals surface area contributed by atoms with E-state index in [0.29, 0.717) is 22.9 Å². The third-order valence-corrected chi connectivity index (χ3v) is 6.91. The Balaban J connectivity index is 1.47. The molecule has 1 aliphatic heterocycles. The van der Waals surface area contributed by atoms with Crippen LogP contribution in [0.5, 0.6) is 0 Å². The van der Waals surface area contributed by atoms with Crippen LogP contribution in [0, 0.1) is 0 Å². The molecule has 11 heteroatoms. The van der Waals surface area contributed by atoms with Gasteiger partial charge in [0.15, 0.2) is 17.0 Å². The van der Waals surface area contributed by atoms with Crippen LogP contribution in [-0.2, 0) is 10.0 Å². The van der Waals surface area contributed by atoms with Crippen molar-refractivity contribution in [3.63, 3.8) is 0 Å². The Hall–Kier alpha value is -2.11. The highest BCUT2D eigenvalue weighted by Crippen LogP contribution is 2.21. The zero-order valence-electron chi connectivity index (χ0n) is 16.7. The molecular weight excluding hydrogens is 392 g/mol. The molecule has 2 aromatic rings. The van der Waals surface area contributed by atoms with Gasteiger partial charge in [0.1, 0.15) is 0 Å². The molecule has 158 valence electrons. The van der Waals surface area contributed by atoms with Crippen LogP contribution in [0.2, 0.25) is 0 Å². The fraction of sp³-hybridized carbons (Fsp3) is 0.667. The Morgan fingerprint density at radius 2 is 1.79 bits per heavy atom. The highest BCUT2D eigenvalue weighted by molar-refractivity contribution is 7.89. The first-order valence-corrected chi connectivity index (χ1v) is 11.8. The van der Waals surface area contributed by atoms with E-state index >= 15 is 0 Å². The summed E-state index contributed by atoms with van der Waals surface area (Å²) >= 11 is 0. The van der Waals surface area contributed by atoms with Gasteiger partial charge in [-0.05, 0) is 19.9 Å². The van der Waals surface area contributed by atoms with Crippen LogP contribution in [0.1, 0.15) is 25.7 Å². The molecule has 0 atom stereocenters. The van der Waals surface area contributed by atoms with Crippen LogP contribution in [0.3, 0.4) is 0 Å². The lowest BCUT2D eigenvalue weighted by Gasteiger charge is -2.32. The van der Waals surface area contributed by atoms with E-state index < -0.39 is 10.0 Å². The predicted molar refractivity (Wildman–Crippen MR) is 113 cm³/mol. The van der Waals surface area contributed by atoms with E-state index in [-0.39, 0.29) is 18.3 Å². The number of aromatic nitrogens is 4. The number of sulfonamides is 1. The van der Waals surface area contributed by atoms with Gasteiger partial charge in [0.25, 0.3) is 0 Å². The van der Waals surface area contributed by atoms with Crippen molar-refractivity contribution < 1.29 is 8.42 Å². The lowest BCUT2D eigenvalue weighted by molar-refractivity contribution is 0.311. The fourth-order valence-electron chi connectivity index (χ4n) is 3.78. The molecule has 2 fully saturated rings. The molecule has 0 amide bonds. The van der Waals surface area contributed by atoms with E-state index in [2.05, 4.69) is 46.8 Å². The van der Waals surface area contributed by atoms with Gasteiger partial charge >= 0.3 is 0 Å². The number of rotatable bonds is 7. The summed E-state index contributed by atoms with van der Waals surface area (Å²) in [6, 6.07) is 0.0783. The van der Waals surface area contributed by atoms with E-state index in [9.17, 15) is 8.42 Å². The van der Waals surface area contributed by atoms with Crippen molar-refractivity contribution in [2.75, 3.05) is 55.7 Å². The molecule has 0 radical (unpaired) electrons. The summed E-state index contributed by atoms with van der Waals surface area (Å²) in [5.41, 5.74) is 1.05. The molecule has 0 aromatic carbocycles. The summed E-state index contributed by atoms with van der Waals surface area (Å²) in [4.78, 5) is 22.2. The number of hydrogen-bond acceptors (Lipinski definition) is 9. The fourth-order valence-corrected chi connectivity index (χ4v) is 5.02. The molecule has 2 N–H and O–H groups in total. The van der Waals surface area contributed by atoms with Gasteiger partial charge < -0.3 is 15.1 Å². The van der Waals surface area contributed by atoms with Crippen molar-refractivity contribution >= 4 is 33.0 Å². The summed E-state index contributed by atoms with van der Waals surface area (Å²) in [7, 11) is -1.24. The minimum atomic E-state index is -3.33. The SMILES string of the molecule is CN1CCN(c2nc(NCCS(=O)(=O)NC3CCCC3)c3nccnc3n2)CC1. The smallest absolute Gasteiger partial charge is 0.229 e. The average molecular weight is 421 g/mol. The van der Waals surface area contributed by atoms with Gasteiger partial charge in [0.2, 0.25) is 16.0 Å². The topological polar surface area (TPSA) is 116 Å². The summed E-state index contributed by atoms with van der Waals surface area (Å²) in [5, 5.41) is 3.15. The van der Waals surface area contributed by atoms with Crippen molar-refractivity contribution in [1.29, 1.82) is 0 Å². The minimum absolute atomic E-state index is 0.0148. The summed E-state index contributed by atoms with van der Waals surface area (Å²) in [6.07, 6.45) is 7.21. The average Bonchev–Trinajstić information content (AvgIpc) is 3.20. The predicted octanol–water partition coefficient (Wildman–Crippen LogP) is 0.446. The normalized spacial score (nSPS) is 19.1. The molecule has 4 rings (SSSR count). The number of nitrogens with zero attached hydrogens (tertiary/aromatic N) is 6. The number of fused-ring (bicyclic) bond motifs is 1. The second-order valence-corrected chi connectivity index (χ2v) is 9.61. The van der Waals surface area contributed by atoms with Gasteiger partial charge in [-0.3, -0.25) is 0 Å². The quantitative estimate of drug-likeness (QED) is 0.658.